The molecule has 1 aromatic heterocycles. The van der Waals surface area contributed by atoms with E-state index in [4.69, 9.17) is 15.2 Å². The van der Waals surface area contributed by atoms with Crippen LogP contribution in [0.5, 0.6) is 5.75 Å². The Bertz CT molecular complexity index is 625. The van der Waals surface area contributed by atoms with Crippen LogP contribution in [0.2, 0.25) is 0 Å². The van der Waals surface area contributed by atoms with Crippen LogP contribution in [0.4, 0.5) is 5.69 Å². The fraction of sp³-hybridized carbons (Fsp3) is 0.400. The van der Waals surface area contributed by atoms with E-state index >= 15 is 0 Å². The zero-order valence-electron chi connectivity index (χ0n) is 12.3. The lowest BCUT2D eigenvalue weighted by Gasteiger charge is -2.07. The van der Waals surface area contributed by atoms with E-state index in [-0.39, 0.29) is 5.97 Å². The zero-order valence-corrected chi connectivity index (χ0v) is 13.1. The van der Waals surface area contributed by atoms with Gasteiger partial charge in [0.25, 0.3) is 0 Å². The van der Waals surface area contributed by atoms with Crippen molar-refractivity contribution in [2.24, 2.45) is 0 Å². The Morgan fingerprint density at radius 1 is 1.38 bits per heavy atom. The quantitative estimate of drug-likeness (QED) is 0.467. The monoisotopic (exact) mass is 308 g/mol. The Morgan fingerprint density at radius 2 is 2.19 bits per heavy atom. The summed E-state index contributed by atoms with van der Waals surface area (Å²) >= 11 is 1.79. The van der Waals surface area contributed by atoms with Gasteiger partial charge in [-0.2, -0.15) is 11.8 Å². The lowest BCUT2D eigenvalue weighted by atomic mass is 10.2. The number of hydrogen-bond donors (Lipinski definition) is 2. The van der Waals surface area contributed by atoms with Crippen LogP contribution in [0.3, 0.4) is 0 Å². The van der Waals surface area contributed by atoms with Gasteiger partial charge >= 0.3 is 5.97 Å². The van der Waals surface area contributed by atoms with Crippen LogP contribution in [-0.4, -0.2) is 36.2 Å². The third-order valence-corrected chi connectivity index (χ3v) is 3.69. The smallest absolute Gasteiger partial charge is 0.354 e. The molecule has 2 aromatic rings. The van der Waals surface area contributed by atoms with Crippen molar-refractivity contribution in [2.75, 3.05) is 31.0 Å². The Balaban J connectivity index is 2.18. The summed E-state index contributed by atoms with van der Waals surface area (Å²) in [5.74, 6) is 1.40. The van der Waals surface area contributed by atoms with Crippen LogP contribution >= 0.6 is 11.8 Å². The molecular formula is C15H20N2O3S. The van der Waals surface area contributed by atoms with Gasteiger partial charge in [0.15, 0.2) is 0 Å². The van der Waals surface area contributed by atoms with E-state index in [0.717, 1.165) is 28.8 Å². The summed E-state index contributed by atoms with van der Waals surface area (Å²) < 4.78 is 10.7. The van der Waals surface area contributed by atoms with E-state index in [1.54, 1.807) is 30.8 Å². The second-order valence-electron chi connectivity index (χ2n) is 4.58. The van der Waals surface area contributed by atoms with Gasteiger partial charge in [0.1, 0.15) is 11.4 Å². The van der Waals surface area contributed by atoms with E-state index in [1.165, 1.54) is 0 Å². The second-order valence-corrected chi connectivity index (χ2v) is 5.56. The maximum Gasteiger partial charge on any atom is 0.354 e. The molecule has 1 heterocycles. The summed E-state index contributed by atoms with van der Waals surface area (Å²) in [5, 5.41) is 0.845. The molecule has 1 aromatic carbocycles. The molecule has 3 N–H and O–H groups in total. The molecule has 0 bridgehead atoms. The number of esters is 1. The minimum Gasteiger partial charge on any atom is -0.493 e. The van der Waals surface area contributed by atoms with Crippen LogP contribution in [-0.2, 0) is 4.74 Å². The predicted molar refractivity (Wildman–Crippen MR) is 87.2 cm³/mol. The maximum absolute atomic E-state index is 11.7. The van der Waals surface area contributed by atoms with E-state index in [2.05, 4.69) is 11.2 Å². The highest BCUT2D eigenvalue weighted by Crippen LogP contribution is 2.28. The average Bonchev–Trinajstić information content (AvgIpc) is 2.89. The van der Waals surface area contributed by atoms with Crippen molar-refractivity contribution < 1.29 is 14.3 Å². The van der Waals surface area contributed by atoms with E-state index in [0.29, 0.717) is 24.6 Å². The van der Waals surface area contributed by atoms with Gasteiger partial charge in [-0.1, -0.05) is 0 Å². The van der Waals surface area contributed by atoms with E-state index in [1.807, 2.05) is 6.07 Å². The van der Waals surface area contributed by atoms with Crippen LogP contribution in [0, 0.1) is 0 Å². The minimum absolute atomic E-state index is 0.341. The van der Waals surface area contributed by atoms with E-state index < -0.39 is 0 Å². The topological polar surface area (TPSA) is 77.3 Å². The number of aromatic nitrogens is 1. The normalized spacial score (nSPS) is 10.8. The Morgan fingerprint density at radius 3 is 2.90 bits per heavy atom. The molecule has 0 unspecified atom stereocenters. The third kappa shape index (κ3) is 3.85. The molecule has 21 heavy (non-hydrogen) atoms. The molecule has 0 amide bonds. The molecule has 0 aliphatic heterocycles. The molecule has 0 saturated carbocycles. The van der Waals surface area contributed by atoms with Gasteiger partial charge < -0.3 is 20.2 Å². The van der Waals surface area contributed by atoms with Crippen LogP contribution in [0.15, 0.2) is 18.2 Å². The van der Waals surface area contributed by atoms with Gasteiger partial charge in [0, 0.05) is 11.5 Å². The number of thioether (sulfide) groups is 1. The van der Waals surface area contributed by atoms with Gasteiger partial charge in [-0.3, -0.25) is 0 Å². The first-order valence-corrected chi connectivity index (χ1v) is 8.26. The molecule has 6 heteroatoms. The number of nitrogens with two attached hydrogens (primary N) is 1. The molecule has 5 nitrogen and oxygen atoms in total. The Kier molecular flexibility index (Phi) is 5.38. The van der Waals surface area contributed by atoms with Gasteiger partial charge in [0.2, 0.25) is 0 Å². The van der Waals surface area contributed by atoms with Crippen LogP contribution in [0.1, 0.15) is 23.8 Å². The summed E-state index contributed by atoms with van der Waals surface area (Å²) in [6.07, 6.45) is 3.06. The summed E-state index contributed by atoms with van der Waals surface area (Å²) in [4.78, 5) is 14.7. The first-order chi connectivity index (χ1) is 10.2. The number of ether oxygens (including phenoxy) is 2. The predicted octanol–water partition coefficient (Wildman–Crippen LogP) is 3.06. The molecule has 0 radical (unpaired) electrons. The number of nitrogen functional groups attached to an aromatic ring is 1. The SMILES string of the molecule is CCOC(=O)c1cc2cc(OCCCSC)cc(N)c2[nH]1. The zero-order chi connectivity index (χ0) is 15.2. The first-order valence-electron chi connectivity index (χ1n) is 6.86. The number of H-pyrrole nitrogens is 1. The first kappa shape index (κ1) is 15.6. The molecule has 0 aliphatic carbocycles. The fourth-order valence-corrected chi connectivity index (χ4v) is 2.45. The maximum atomic E-state index is 11.7. The molecule has 0 spiro atoms. The second kappa shape index (κ2) is 7.26. The molecule has 0 aliphatic rings. The fourth-order valence-electron chi connectivity index (χ4n) is 2.04. The molecule has 0 fully saturated rings. The highest BCUT2D eigenvalue weighted by molar-refractivity contribution is 7.98. The molecular weight excluding hydrogens is 288 g/mol. The Hall–Kier alpha value is -1.82. The lowest BCUT2D eigenvalue weighted by molar-refractivity contribution is 0.0520. The highest BCUT2D eigenvalue weighted by atomic mass is 32.2. The van der Waals surface area contributed by atoms with Crippen molar-refractivity contribution in [1.82, 2.24) is 4.98 Å². The van der Waals surface area contributed by atoms with Gasteiger partial charge in [-0.05, 0) is 37.5 Å². The minimum atomic E-state index is -0.379. The standard InChI is InChI=1S/C15H20N2O3S/c1-3-19-15(18)13-8-10-7-11(20-5-4-6-21-2)9-12(16)14(10)17-13/h7-9,17H,3-6,16H2,1-2H3. The van der Waals surface area contributed by atoms with Crippen molar-refractivity contribution in [1.29, 1.82) is 0 Å². The highest BCUT2D eigenvalue weighted by Gasteiger charge is 2.13. The Labute approximate surface area is 128 Å². The van der Waals surface area contributed by atoms with Gasteiger partial charge in [-0.25, -0.2) is 4.79 Å². The average molecular weight is 308 g/mol. The van der Waals surface area contributed by atoms with Crippen molar-refractivity contribution in [3.8, 4) is 5.75 Å². The van der Waals surface area contributed by atoms with Crippen molar-refractivity contribution in [2.45, 2.75) is 13.3 Å². The lowest BCUT2D eigenvalue weighted by Crippen LogP contribution is -2.04. The number of aromatic amines is 1. The number of carbonyl (C=O) groups is 1. The summed E-state index contributed by atoms with van der Waals surface area (Å²) in [7, 11) is 0. The van der Waals surface area contributed by atoms with Gasteiger partial charge in [0.05, 0.1) is 24.4 Å². The molecule has 2 rings (SSSR count). The molecule has 0 saturated heterocycles. The number of carbonyl (C=O) groups excluding carboxylic acids is 1. The summed E-state index contributed by atoms with van der Waals surface area (Å²) in [6.45, 7) is 2.77. The number of anilines is 1. The van der Waals surface area contributed by atoms with Gasteiger partial charge in [-0.15, -0.1) is 0 Å². The molecule has 0 atom stereocenters. The van der Waals surface area contributed by atoms with Crippen LogP contribution < -0.4 is 10.5 Å². The van der Waals surface area contributed by atoms with Crippen molar-refractivity contribution in [3.63, 3.8) is 0 Å². The largest absolute Gasteiger partial charge is 0.493 e. The number of rotatable bonds is 7. The third-order valence-electron chi connectivity index (χ3n) is 2.99. The van der Waals surface area contributed by atoms with Crippen LogP contribution in [0.25, 0.3) is 10.9 Å². The number of hydrogen-bond acceptors (Lipinski definition) is 5. The van der Waals surface area contributed by atoms with Crippen molar-refractivity contribution in [3.05, 3.63) is 23.9 Å². The summed E-state index contributed by atoms with van der Waals surface area (Å²) in [5.41, 5.74) is 7.70. The molecule has 114 valence electrons. The number of nitrogens with one attached hydrogen (secondary N) is 1. The number of benzene rings is 1. The summed E-state index contributed by atoms with van der Waals surface area (Å²) in [6, 6.07) is 5.38. The van der Waals surface area contributed by atoms with Crippen molar-refractivity contribution >= 4 is 34.3 Å². The number of fused-ring (bicyclic) bond motifs is 1. The van der Waals surface area contributed by atoms with E-state index in [9.17, 15) is 4.79 Å².